The van der Waals surface area contributed by atoms with Gasteiger partial charge in [-0.15, -0.1) is 5.10 Å². The van der Waals surface area contributed by atoms with Crippen LogP contribution in [-0.4, -0.2) is 33.1 Å². The molecule has 1 amide bonds. The average Bonchev–Trinajstić information content (AvgIpc) is 3.22. The second-order valence-corrected chi connectivity index (χ2v) is 6.65. The molecule has 29 heavy (non-hydrogen) atoms. The van der Waals surface area contributed by atoms with Gasteiger partial charge in [-0.3, -0.25) is 15.2 Å². The fourth-order valence-electron chi connectivity index (χ4n) is 2.77. The van der Waals surface area contributed by atoms with E-state index in [9.17, 15) is 4.79 Å². The number of aromatic nitrogens is 4. The lowest BCUT2D eigenvalue weighted by Crippen LogP contribution is -2.15. The molecule has 4 rings (SSSR count). The number of nitrogens with one attached hydrogen (secondary N) is 2. The van der Waals surface area contributed by atoms with Crippen LogP contribution < -0.4 is 10.2 Å². The zero-order chi connectivity index (χ0) is 20.2. The van der Waals surface area contributed by atoms with E-state index in [1.807, 2.05) is 60.5 Å². The molecule has 4 aromatic rings. The van der Waals surface area contributed by atoms with E-state index in [1.165, 1.54) is 6.20 Å². The highest BCUT2D eigenvalue weighted by Gasteiger charge is 2.13. The summed E-state index contributed by atoms with van der Waals surface area (Å²) in [6, 6.07) is 20.6. The van der Waals surface area contributed by atoms with E-state index in [-0.39, 0.29) is 11.9 Å². The molecule has 144 valence electrons. The molecule has 7 nitrogen and oxygen atoms in total. The van der Waals surface area contributed by atoms with Crippen LogP contribution in [0.1, 0.15) is 10.4 Å². The lowest BCUT2D eigenvalue weighted by Gasteiger charge is -2.18. The van der Waals surface area contributed by atoms with Crippen molar-refractivity contribution in [3.8, 4) is 11.4 Å². The minimum Gasteiger partial charge on any atom is -0.329 e. The van der Waals surface area contributed by atoms with Gasteiger partial charge in [0.15, 0.2) is 5.82 Å². The van der Waals surface area contributed by atoms with Crippen LogP contribution in [0.3, 0.4) is 0 Å². The highest BCUT2D eigenvalue weighted by atomic mass is 35.5. The number of amides is 1. The molecule has 0 aliphatic rings. The predicted molar refractivity (Wildman–Crippen MR) is 114 cm³/mol. The van der Waals surface area contributed by atoms with Crippen LogP contribution in [0.4, 0.5) is 17.5 Å². The highest BCUT2D eigenvalue weighted by Crippen LogP contribution is 2.25. The number of pyridine rings is 1. The van der Waals surface area contributed by atoms with Gasteiger partial charge in [-0.25, -0.2) is 4.98 Å². The van der Waals surface area contributed by atoms with Gasteiger partial charge in [0.25, 0.3) is 5.91 Å². The Morgan fingerprint density at radius 1 is 1.03 bits per heavy atom. The Morgan fingerprint density at radius 2 is 1.79 bits per heavy atom. The average molecular weight is 405 g/mol. The molecule has 2 heterocycles. The van der Waals surface area contributed by atoms with Crippen LogP contribution in [0.15, 0.2) is 72.9 Å². The van der Waals surface area contributed by atoms with Gasteiger partial charge in [-0.2, -0.15) is 4.98 Å². The van der Waals surface area contributed by atoms with E-state index in [0.29, 0.717) is 22.0 Å². The minimum atomic E-state index is -0.351. The van der Waals surface area contributed by atoms with Crippen LogP contribution in [0.25, 0.3) is 11.4 Å². The fourth-order valence-corrected chi connectivity index (χ4v) is 2.99. The topological polar surface area (TPSA) is 86.8 Å². The van der Waals surface area contributed by atoms with Crippen molar-refractivity contribution in [2.45, 2.75) is 0 Å². The number of nitrogens with zero attached hydrogens (tertiary/aromatic N) is 4. The summed E-state index contributed by atoms with van der Waals surface area (Å²) in [5.74, 6) is 1.02. The first kappa shape index (κ1) is 18.6. The fraction of sp³-hybridized carbons (Fsp3) is 0.0476. The summed E-state index contributed by atoms with van der Waals surface area (Å²) in [5, 5.41) is 10.0. The second-order valence-electron chi connectivity index (χ2n) is 6.24. The number of benzene rings is 2. The number of anilines is 3. The third-order valence-corrected chi connectivity index (χ3v) is 4.67. The first-order valence-electron chi connectivity index (χ1n) is 8.85. The molecule has 0 unspecified atom stereocenters. The van der Waals surface area contributed by atoms with Gasteiger partial charge in [0.05, 0.1) is 10.6 Å². The van der Waals surface area contributed by atoms with E-state index < -0.39 is 0 Å². The molecule has 2 aromatic carbocycles. The zero-order valence-corrected chi connectivity index (χ0v) is 16.3. The van der Waals surface area contributed by atoms with Gasteiger partial charge >= 0.3 is 0 Å². The largest absolute Gasteiger partial charge is 0.329 e. The number of carbonyl (C=O) groups is 1. The molecule has 0 saturated heterocycles. The summed E-state index contributed by atoms with van der Waals surface area (Å²) in [4.78, 5) is 23.1. The third kappa shape index (κ3) is 4.09. The summed E-state index contributed by atoms with van der Waals surface area (Å²) in [6.45, 7) is 0. The second kappa shape index (κ2) is 8.12. The Balaban J connectivity index is 1.46. The Bertz CT molecular complexity index is 1130. The van der Waals surface area contributed by atoms with Crippen molar-refractivity contribution in [2.24, 2.45) is 0 Å². The van der Waals surface area contributed by atoms with Gasteiger partial charge in [-0.1, -0.05) is 41.9 Å². The number of hydrogen-bond donors (Lipinski definition) is 2. The number of H-pyrrole nitrogens is 1. The number of para-hydroxylation sites is 1. The van der Waals surface area contributed by atoms with E-state index in [0.717, 1.165) is 11.5 Å². The Morgan fingerprint density at radius 3 is 2.52 bits per heavy atom. The molecule has 0 atom stereocenters. The molecule has 2 aromatic heterocycles. The first-order chi connectivity index (χ1) is 14.1. The van der Waals surface area contributed by atoms with Crippen LogP contribution in [0.2, 0.25) is 5.02 Å². The molecule has 0 aliphatic carbocycles. The van der Waals surface area contributed by atoms with Gasteiger partial charge in [0.2, 0.25) is 5.95 Å². The summed E-state index contributed by atoms with van der Waals surface area (Å²) in [7, 11) is 1.92. The normalized spacial score (nSPS) is 10.6. The van der Waals surface area contributed by atoms with Crippen molar-refractivity contribution in [2.75, 3.05) is 17.3 Å². The number of aromatic amines is 1. The summed E-state index contributed by atoms with van der Waals surface area (Å²) >= 11 is 6.17. The Labute approximate surface area is 172 Å². The Kier molecular flexibility index (Phi) is 5.22. The molecule has 0 aliphatic heterocycles. The van der Waals surface area contributed by atoms with Crippen molar-refractivity contribution in [3.63, 3.8) is 0 Å². The van der Waals surface area contributed by atoms with E-state index in [4.69, 9.17) is 11.6 Å². The maximum atomic E-state index is 12.5. The molecular formula is C21H17ClN6O. The molecule has 0 radical (unpaired) electrons. The SMILES string of the molecule is CN(c1ccccc1)c1ccc(C(=O)Nc2n[nH]c(-c3ccccc3Cl)n2)cn1. The lowest BCUT2D eigenvalue weighted by molar-refractivity contribution is 0.102. The van der Waals surface area contributed by atoms with E-state index in [2.05, 4.69) is 25.5 Å². The maximum absolute atomic E-state index is 12.5. The van der Waals surface area contributed by atoms with Crippen molar-refractivity contribution in [1.82, 2.24) is 20.2 Å². The summed E-state index contributed by atoms with van der Waals surface area (Å²) < 4.78 is 0. The molecule has 8 heteroatoms. The van der Waals surface area contributed by atoms with Crippen molar-refractivity contribution in [3.05, 3.63) is 83.5 Å². The van der Waals surface area contributed by atoms with Crippen molar-refractivity contribution < 1.29 is 4.79 Å². The van der Waals surface area contributed by atoms with Gasteiger partial charge in [-0.05, 0) is 36.4 Å². The quantitative estimate of drug-likeness (QED) is 0.510. The molecule has 0 fully saturated rings. The van der Waals surface area contributed by atoms with E-state index in [1.54, 1.807) is 18.2 Å². The lowest BCUT2D eigenvalue weighted by atomic mass is 10.2. The molecule has 0 saturated carbocycles. The highest BCUT2D eigenvalue weighted by molar-refractivity contribution is 6.33. The predicted octanol–water partition coefficient (Wildman–Crippen LogP) is 4.54. The van der Waals surface area contributed by atoms with Gasteiger partial charge in [0, 0.05) is 24.5 Å². The van der Waals surface area contributed by atoms with Gasteiger partial charge in [0.1, 0.15) is 5.82 Å². The Hall–Kier alpha value is -3.71. The molecule has 0 spiro atoms. The van der Waals surface area contributed by atoms with E-state index >= 15 is 0 Å². The standard InChI is InChI=1S/C21H17ClN6O/c1-28(15-7-3-2-4-8-15)18-12-11-14(13-23-18)20(29)25-21-24-19(26-27-21)16-9-5-6-10-17(16)22/h2-13H,1H3,(H2,24,25,26,27,29). The zero-order valence-electron chi connectivity index (χ0n) is 15.5. The van der Waals surface area contributed by atoms with Crippen LogP contribution >= 0.6 is 11.6 Å². The number of carbonyl (C=O) groups excluding carboxylic acids is 1. The van der Waals surface area contributed by atoms with Crippen LogP contribution in [0.5, 0.6) is 0 Å². The maximum Gasteiger partial charge on any atom is 0.259 e. The number of halogens is 1. The van der Waals surface area contributed by atoms with Crippen molar-refractivity contribution >= 4 is 35.0 Å². The summed E-state index contributed by atoms with van der Waals surface area (Å²) in [6.07, 6.45) is 1.52. The molecular weight excluding hydrogens is 388 g/mol. The third-order valence-electron chi connectivity index (χ3n) is 4.34. The number of hydrogen-bond acceptors (Lipinski definition) is 5. The monoisotopic (exact) mass is 404 g/mol. The minimum absolute atomic E-state index is 0.162. The van der Waals surface area contributed by atoms with Crippen LogP contribution in [-0.2, 0) is 0 Å². The summed E-state index contributed by atoms with van der Waals surface area (Å²) in [5.41, 5.74) is 2.11. The smallest absolute Gasteiger partial charge is 0.259 e. The number of rotatable bonds is 5. The first-order valence-corrected chi connectivity index (χ1v) is 9.23. The molecule has 2 N–H and O–H groups in total. The van der Waals surface area contributed by atoms with Crippen LogP contribution in [0, 0.1) is 0 Å². The van der Waals surface area contributed by atoms with Crippen molar-refractivity contribution in [1.29, 1.82) is 0 Å². The van der Waals surface area contributed by atoms with Gasteiger partial charge < -0.3 is 4.90 Å². The molecule has 0 bridgehead atoms.